The number of fused-ring (bicyclic) bond motifs is 1. The van der Waals surface area contributed by atoms with Crippen LogP contribution in [0.3, 0.4) is 0 Å². The lowest BCUT2D eigenvalue weighted by Crippen LogP contribution is -2.40. The number of rotatable bonds is 9. The smallest absolute Gasteiger partial charge is 0.314 e. The van der Waals surface area contributed by atoms with Gasteiger partial charge in [-0.05, 0) is 112 Å². The van der Waals surface area contributed by atoms with Crippen LogP contribution in [-0.2, 0) is 11.2 Å². The molecule has 0 aliphatic heterocycles. The average molecular weight is 499 g/mol. The highest BCUT2D eigenvalue weighted by Gasteiger charge is 2.43. The van der Waals surface area contributed by atoms with E-state index in [1.807, 2.05) is 25.2 Å². The van der Waals surface area contributed by atoms with Crippen LogP contribution in [0.4, 0.5) is 8.78 Å². The van der Waals surface area contributed by atoms with Crippen LogP contribution in [0.5, 0.6) is 5.75 Å². The maximum atomic E-state index is 14.7. The SMILES string of the molecule is C=CCCC1CCC(C2CCC3C(CCCC3C(=O)Oc3ccc(CC/C=C/C)c(F)c3F)C2)CC1. The van der Waals surface area contributed by atoms with Crippen LogP contribution in [0, 0.1) is 47.1 Å². The molecule has 0 spiro atoms. The zero-order chi connectivity index (χ0) is 25.5. The van der Waals surface area contributed by atoms with Gasteiger partial charge in [0.15, 0.2) is 11.6 Å². The summed E-state index contributed by atoms with van der Waals surface area (Å²) in [5, 5.41) is 0. The predicted molar refractivity (Wildman–Crippen MR) is 142 cm³/mol. The molecule has 1 aromatic rings. The number of aryl methyl sites for hydroxylation is 1. The standard InChI is InChI=1S/C32H44F2O2/c1-3-5-7-10-24-18-20-29(31(34)30(24)33)36-32(35)28-12-8-11-26-21-25(17-19-27(26)28)23-15-13-22(14-16-23)9-6-4-2/h3-5,18,20,22-23,25-28H,2,6-17,19,21H2,1H3/b5-3+. The van der Waals surface area contributed by atoms with Gasteiger partial charge in [-0.15, -0.1) is 6.58 Å². The van der Waals surface area contributed by atoms with Crippen molar-refractivity contribution in [1.82, 2.24) is 0 Å². The molecule has 3 saturated carbocycles. The molecule has 3 fully saturated rings. The molecule has 2 nitrogen and oxygen atoms in total. The van der Waals surface area contributed by atoms with Crippen molar-refractivity contribution in [3.8, 4) is 5.75 Å². The van der Waals surface area contributed by atoms with Crippen LogP contribution in [0.2, 0.25) is 0 Å². The van der Waals surface area contributed by atoms with E-state index in [4.69, 9.17) is 4.74 Å². The second-order valence-corrected chi connectivity index (χ2v) is 11.6. The Kier molecular flexibility index (Phi) is 9.79. The number of hydrogen-bond acceptors (Lipinski definition) is 2. The van der Waals surface area contributed by atoms with Crippen LogP contribution in [0.25, 0.3) is 0 Å². The Morgan fingerprint density at radius 1 is 0.972 bits per heavy atom. The molecule has 3 aliphatic rings. The Balaban J connectivity index is 1.33. The third-order valence-electron chi connectivity index (χ3n) is 9.48. The van der Waals surface area contributed by atoms with Crippen molar-refractivity contribution in [3.05, 3.63) is 54.1 Å². The molecule has 0 radical (unpaired) electrons. The van der Waals surface area contributed by atoms with E-state index in [1.165, 1.54) is 57.4 Å². The van der Waals surface area contributed by atoms with E-state index < -0.39 is 11.6 Å². The number of hydrogen-bond donors (Lipinski definition) is 0. The van der Waals surface area contributed by atoms with E-state index in [0.717, 1.165) is 43.4 Å². The van der Waals surface area contributed by atoms with E-state index in [0.29, 0.717) is 30.2 Å². The average Bonchev–Trinajstić information content (AvgIpc) is 2.91. The van der Waals surface area contributed by atoms with Crippen LogP contribution in [-0.4, -0.2) is 5.97 Å². The Hall–Kier alpha value is -1.97. The molecule has 1 aromatic carbocycles. The van der Waals surface area contributed by atoms with Crippen LogP contribution in [0.15, 0.2) is 36.9 Å². The normalized spacial score (nSPS) is 30.6. The van der Waals surface area contributed by atoms with E-state index in [1.54, 1.807) is 6.07 Å². The van der Waals surface area contributed by atoms with Crippen LogP contribution >= 0.6 is 0 Å². The van der Waals surface area contributed by atoms with Gasteiger partial charge in [-0.2, -0.15) is 4.39 Å². The highest BCUT2D eigenvalue weighted by Crippen LogP contribution is 2.50. The van der Waals surface area contributed by atoms with Gasteiger partial charge in [0.05, 0.1) is 5.92 Å². The highest BCUT2D eigenvalue weighted by atomic mass is 19.2. The van der Waals surface area contributed by atoms with Gasteiger partial charge in [0.2, 0.25) is 5.82 Å². The van der Waals surface area contributed by atoms with Gasteiger partial charge in [0.1, 0.15) is 0 Å². The molecule has 4 heteroatoms. The van der Waals surface area contributed by atoms with Crippen molar-refractivity contribution in [3.63, 3.8) is 0 Å². The summed E-state index contributed by atoms with van der Waals surface area (Å²) in [7, 11) is 0. The number of ether oxygens (including phenoxy) is 1. The molecule has 198 valence electrons. The van der Waals surface area contributed by atoms with Crippen LogP contribution < -0.4 is 4.74 Å². The predicted octanol–water partition coefficient (Wildman–Crippen LogP) is 8.98. The zero-order valence-corrected chi connectivity index (χ0v) is 22.0. The fourth-order valence-corrected chi connectivity index (χ4v) is 7.46. The molecule has 36 heavy (non-hydrogen) atoms. The fourth-order valence-electron chi connectivity index (χ4n) is 7.46. The summed E-state index contributed by atoms with van der Waals surface area (Å²) in [5.41, 5.74) is 0.316. The monoisotopic (exact) mass is 498 g/mol. The number of carbonyl (C=O) groups excluding carboxylic acids is 1. The Bertz CT molecular complexity index is 915. The van der Waals surface area contributed by atoms with Gasteiger partial charge in [-0.1, -0.05) is 50.0 Å². The fraction of sp³-hybridized carbons (Fsp3) is 0.656. The lowest BCUT2D eigenvalue weighted by Gasteiger charge is -2.46. The number of carbonyl (C=O) groups is 1. The maximum absolute atomic E-state index is 14.7. The zero-order valence-electron chi connectivity index (χ0n) is 22.0. The van der Waals surface area contributed by atoms with Crippen molar-refractivity contribution in [2.45, 2.75) is 96.8 Å². The van der Waals surface area contributed by atoms with Gasteiger partial charge in [0.25, 0.3) is 0 Å². The summed E-state index contributed by atoms with van der Waals surface area (Å²) in [5.74, 6) is 0.593. The van der Waals surface area contributed by atoms with Crippen LogP contribution in [0.1, 0.15) is 96.0 Å². The first-order valence-corrected chi connectivity index (χ1v) is 14.4. The van der Waals surface area contributed by atoms with Gasteiger partial charge in [0, 0.05) is 0 Å². The third-order valence-corrected chi connectivity index (χ3v) is 9.48. The summed E-state index contributed by atoms with van der Waals surface area (Å²) in [4.78, 5) is 13.2. The summed E-state index contributed by atoms with van der Waals surface area (Å²) >= 11 is 0. The number of allylic oxidation sites excluding steroid dienone is 3. The molecule has 4 rings (SSSR count). The molecular formula is C32H44F2O2. The number of esters is 1. The minimum atomic E-state index is -1.04. The van der Waals surface area contributed by atoms with Crippen molar-refractivity contribution in [1.29, 1.82) is 0 Å². The number of benzene rings is 1. The molecule has 0 heterocycles. The van der Waals surface area contributed by atoms with Gasteiger partial charge in [-0.3, -0.25) is 4.79 Å². The minimum Gasteiger partial charge on any atom is -0.423 e. The van der Waals surface area contributed by atoms with Gasteiger partial charge >= 0.3 is 5.97 Å². The van der Waals surface area contributed by atoms with E-state index in [9.17, 15) is 13.6 Å². The summed E-state index contributed by atoms with van der Waals surface area (Å²) < 4.78 is 34.8. The first kappa shape index (κ1) is 27.1. The van der Waals surface area contributed by atoms with Crippen molar-refractivity contribution in [2.75, 3.05) is 0 Å². The van der Waals surface area contributed by atoms with Gasteiger partial charge in [-0.25, -0.2) is 4.39 Å². The molecule has 0 saturated heterocycles. The van der Waals surface area contributed by atoms with Crippen molar-refractivity contribution in [2.24, 2.45) is 35.5 Å². The second-order valence-electron chi connectivity index (χ2n) is 11.6. The largest absolute Gasteiger partial charge is 0.423 e. The van der Waals surface area contributed by atoms with E-state index in [2.05, 4.69) is 6.58 Å². The Morgan fingerprint density at radius 3 is 2.50 bits per heavy atom. The first-order valence-electron chi connectivity index (χ1n) is 14.4. The van der Waals surface area contributed by atoms with Gasteiger partial charge < -0.3 is 4.74 Å². The molecular weight excluding hydrogens is 454 g/mol. The van der Waals surface area contributed by atoms with E-state index in [-0.39, 0.29) is 17.6 Å². The summed E-state index contributed by atoms with van der Waals surface area (Å²) in [6.45, 7) is 5.77. The molecule has 4 unspecified atom stereocenters. The minimum absolute atomic E-state index is 0.198. The van der Waals surface area contributed by atoms with Crippen molar-refractivity contribution < 1.29 is 18.3 Å². The Labute approximate surface area is 216 Å². The molecule has 0 bridgehead atoms. The lowest BCUT2D eigenvalue weighted by molar-refractivity contribution is -0.144. The molecule has 0 amide bonds. The highest BCUT2D eigenvalue weighted by molar-refractivity contribution is 5.75. The first-order chi connectivity index (χ1) is 17.5. The third kappa shape index (κ3) is 6.47. The lowest BCUT2D eigenvalue weighted by atomic mass is 9.59. The number of halogens is 2. The second kappa shape index (κ2) is 13.0. The quantitative estimate of drug-likeness (QED) is 0.193. The summed E-state index contributed by atoms with van der Waals surface area (Å²) in [6.07, 6.45) is 21.2. The Morgan fingerprint density at radius 2 is 1.75 bits per heavy atom. The topological polar surface area (TPSA) is 26.3 Å². The summed E-state index contributed by atoms with van der Waals surface area (Å²) in [6, 6.07) is 2.97. The molecule has 4 atom stereocenters. The van der Waals surface area contributed by atoms with E-state index >= 15 is 0 Å². The van der Waals surface area contributed by atoms with Crippen molar-refractivity contribution >= 4 is 5.97 Å². The maximum Gasteiger partial charge on any atom is 0.314 e. The molecule has 0 aromatic heterocycles. The molecule has 3 aliphatic carbocycles. The molecule has 0 N–H and O–H groups in total.